The average molecular weight is 343 g/mol. The van der Waals surface area contributed by atoms with Crippen LogP contribution in [0, 0.1) is 0 Å². The van der Waals surface area contributed by atoms with E-state index in [9.17, 15) is 4.79 Å². The third-order valence-corrected chi connectivity index (χ3v) is 2.71. The Balaban J connectivity index is 0.00000144. The van der Waals surface area contributed by atoms with Crippen molar-refractivity contribution in [3.05, 3.63) is 36.5 Å². The molecule has 1 radical (unpaired) electrons. The van der Waals surface area contributed by atoms with Gasteiger partial charge in [-0.1, -0.05) is 35.2 Å². The van der Waals surface area contributed by atoms with E-state index in [4.69, 9.17) is 5.11 Å². The minimum Gasteiger partial charge on any atom is -0.481 e. The molecule has 0 bridgehead atoms. The fraction of sp³-hybridized carbons (Fsp3) is 0.100. The zero-order valence-corrected chi connectivity index (χ0v) is 10.9. The molecule has 17 heavy (non-hydrogen) atoms. The molecular formula is C10H9AgN3O2S. The molecule has 0 amide bonds. The first kappa shape index (κ1) is 14.0. The molecule has 0 spiro atoms. The Morgan fingerprint density at radius 3 is 2.71 bits per heavy atom. The van der Waals surface area contributed by atoms with Crippen molar-refractivity contribution in [1.82, 2.24) is 15.0 Å². The first-order chi connectivity index (χ1) is 7.75. The number of aliphatic carboxylic acids is 1. The summed E-state index contributed by atoms with van der Waals surface area (Å²) in [6.45, 7) is 0. The summed E-state index contributed by atoms with van der Waals surface area (Å²) in [4.78, 5) is 10.4. The number of carboxylic acids is 1. The smallest absolute Gasteiger partial charge is 0.313 e. The summed E-state index contributed by atoms with van der Waals surface area (Å²) >= 11 is 1.15. The molecule has 0 aliphatic rings. The van der Waals surface area contributed by atoms with Crippen molar-refractivity contribution in [3.8, 4) is 5.69 Å². The summed E-state index contributed by atoms with van der Waals surface area (Å²) in [5.41, 5.74) is 0.900. The van der Waals surface area contributed by atoms with Crippen LogP contribution in [0.4, 0.5) is 0 Å². The van der Waals surface area contributed by atoms with E-state index in [0.29, 0.717) is 5.03 Å². The van der Waals surface area contributed by atoms with Gasteiger partial charge in [-0.05, 0) is 12.1 Å². The number of carbonyl (C=O) groups is 1. The van der Waals surface area contributed by atoms with E-state index in [1.165, 1.54) is 0 Å². The number of benzene rings is 1. The molecule has 1 aromatic heterocycles. The van der Waals surface area contributed by atoms with Gasteiger partial charge in [0.05, 0.1) is 17.6 Å². The van der Waals surface area contributed by atoms with Crippen LogP contribution in [0.5, 0.6) is 0 Å². The molecule has 5 nitrogen and oxygen atoms in total. The van der Waals surface area contributed by atoms with Gasteiger partial charge in [0.25, 0.3) is 0 Å². The maximum Gasteiger partial charge on any atom is 0.313 e. The van der Waals surface area contributed by atoms with Gasteiger partial charge < -0.3 is 5.11 Å². The Labute approximate surface area is 118 Å². The molecule has 0 saturated carbocycles. The number of hydrogen-bond donors (Lipinski definition) is 1. The quantitative estimate of drug-likeness (QED) is 0.672. The molecule has 93 valence electrons. The van der Waals surface area contributed by atoms with Gasteiger partial charge in [-0.25, -0.2) is 4.68 Å². The van der Waals surface area contributed by atoms with Crippen LogP contribution in [0.1, 0.15) is 0 Å². The Hall–Kier alpha value is -1.08. The van der Waals surface area contributed by atoms with Crippen LogP contribution in [0.3, 0.4) is 0 Å². The summed E-state index contributed by atoms with van der Waals surface area (Å²) in [5, 5.41) is 16.9. The van der Waals surface area contributed by atoms with Crippen LogP contribution >= 0.6 is 11.8 Å². The summed E-state index contributed by atoms with van der Waals surface area (Å²) in [6.07, 6.45) is 1.71. The minimum absolute atomic E-state index is 0. The predicted molar refractivity (Wildman–Crippen MR) is 59.7 cm³/mol. The number of aromatic nitrogens is 3. The van der Waals surface area contributed by atoms with Crippen molar-refractivity contribution in [1.29, 1.82) is 0 Å². The number of rotatable bonds is 4. The van der Waals surface area contributed by atoms with Gasteiger partial charge in [-0.2, -0.15) is 0 Å². The number of thioether (sulfide) groups is 1. The Kier molecular flexibility index (Phi) is 5.43. The molecule has 2 aromatic rings. The maximum absolute atomic E-state index is 10.4. The Bertz CT molecular complexity index is 489. The minimum atomic E-state index is -0.862. The van der Waals surface area contributed by atoms with Gasteiger partial charge in [0.1, 0.15) is 5.03 Å². The Morgan fingerprint density at radius 2 is 2.06 bits per heavy atom. The van der Waals surface area contributed by atoms with E-state index in [-0.39, 0.29) is 28.1 Å². The van der Waals surface area contributed by atoms with E-state index in [1.807, 2.05) is 30.3 Å². The van der Waals surface area contributed by atoms with Gasteiger partial charge in [-0.15, -0.1) is 5.10 Å². The number of nitrogens with zero attached hydrogens (tertiary/aromatic N) is 3. The van der Waals surface area contributed by atoms with E-state index < -0.39 is 5.97 Å². The fourth-order valence-electron chi connectivity index (χ4n) is 1.16. The molecule has 1 aromatic carbocycles. The molecule has 0 unspecified atom stereocenters. The SMILES string of the molecule is O=C(O)CSc1cn(-c2ccccc2)nn1.[Ag]. The van der Waals surface area contributed by atoms with Gasteiger partial charge in [0, 0.05) is 22.4 Å². The molecule has 0 aliphatic carbocycles. The first-order valence-corrected chi connectivity index (χ1v) is 5.56. The second-order valence-electron chi connectivity index (χ2n) is 3.02. The average Bonchev–Trinajstić information content (AvgIpc) is 2.76. The van der Waals surface area contributed by atoms with Crippen molar-refractivity contribution in [2.45, 2.75) is 5.03 Å². The molecule has 1 heterocycles. The van der Waals surface area contributed by atoms with Crippen LogP contribution in [-0.4, -0.2) is 31.8 Å². The summed E-state index contributed by atoms with van der Waals surface area (Å²) in [7, 11) is 0. The van der Waals surface area contributed by atoms with Crippen LogP contribution in [0.2, 0.25) is 0 Å². The van der Waals surface area contributed by atoms with Crippen LogP contribution < -0.4 is 0 Å². The second-order valence-corrected chi connectivity index (χ2v) is 4.01. The largest absolute Gasteiger partial charge is 0.481 e. The van der Waals surface area contributed by atoms with Crippen molar-refractivity contribution in [2.24, 2.45) is 0 Å². The Morgan fingerprint density at radius 1 is 1.35 bits per heavy atom. The molecular weight excluding hydrogens is 334 g/mol. The second kappa shape index (κ2) is 6.61. The van der Waals surface area contributed by atoms with Gasteiger partial charge in [0.15, 0.2) is 0 Å². The topological polar surface area (TPSA) is 68.0 Å². The van der Waals surface area contributed by atoms with Crippen LogP contribution in [0.25, 0.3) is 5.69 Å². The van der Waals surface area contributed by atoms with Crippen molar-refractivity contribution < 1.29 is 32.3 Å². The van der Waals surface area contributed by atoms with Gasteiger partial charge in [0.2, 0.25) is 0 Å². The standard InChI is InChI=1S/C10H9N3O2S.Ag/c14-10(15)7-16-9-6-13(12-11-9)8-4-2-1-3-5-8;/h1-6H,7H2,(H,14,15);. The van der Waals surface area contributed by atoms with Crippen molar-refractivity contribution in [3.63, 3.8) is 0 Å². The molecule has 1 N–H and O–H groups in total. The number of hydrogen-bond acceptors (Lipinski definition) is 4. The molecule has 0 fully saturated rings. The van der Waals surface area contributed by atoms with E-state index >= 15 is 0 Å². The van der Waals surface area contributed by atoms with E-state index in [2.05, 4.69) is 10.3 Å². The van der Waals surface area contributed by atoms with Crippen LogP contribution in [0.15, 0.2) is 41.6 Å². The van der Waals surface area contributed by atoms with E-state index in [1.54, 1.807) is 10.9 Å². The normalized spacial score (nSPS) is 9.65. The van der Waals surface area contributed by atoms with Gasteiger partial charge >= 0.3 is 5.97 Å². The van der Waals surface area contributed by atoms with Crippen molar-refractivity contribution in [2.75, 3.05) is 5.75 Å². The number of carboxylic acid groups (broad SMARTS) is 1. The zero-order chi connectivity index (χ0) is 11.4. The number of para-hydroxylation sites is 1. The zero-order valence-electron chi connectivity index (χ0n) is 8.58. The predicted octanol–water partition coefficient (Wildman–Crippen LogP) is 1.44. The molecule has 0 aliphatic heterocycles. The molecule has 0 atom stereocenters. The van der Waals surface area contributed by atoms with Crippen molar-refractivity contribution >= 4 is 17.7 Å². The first-order valence-electron chi connectivity index (χ1n) is 4.58. The van der Waals surface area contributed by atoms with E-state index in [0.717, 1.165) is 17.4 Å². The molecule has 0 saturated heterocycles. The third-order valence-electron chi connectivity index (χ3n) is 1.84. The third kappa shape index (κ3) is 4.01. The van der Waals surface area contributed by atoms with Crippen LogP contribution in [-0.2, 0) is 27.2 Å². The summed E-state index contributed by atoms with van der Waals surface area (Å²) < 4.78 is 1.62. The van der Waals surface area contributed by atoms with Gasteiger partial charge in [-0.3, -0.25) is 4.79 Å². The fourth-order valence-corrected chi connectivity index (χ4v) is 1.70. The molecule has 7 heteroatoms. The summed E-state index contributed by atoms with van der Waals surface area (Å²) in [5.74, 6) is -0.868. The maximum atomic E-state index is 10.4. The monoisotopic (exact) mass is 342 g/mol. The molecule has 2 rings (SSSR count). The summed E-state index contributed by atoms with van der Waals surface area (Å²) in [6, 6.07) is 9.53.